The van der Waals surface area contributed by atoms with Crippen molar-refractivity contribution in [2.75, 3.05) is 0 Å². The van der Waals surface area contributed by atoms with Crippen molar-refractivity contribution in [2.24, 2.45) is 5.92 Å². The zero-order valence-corrected chi connectivity index (χ0v) is 19.1. The number of nitrogens with zero attached hydrogens (tertiary/aromatic N) is 1. The third-order valence-electron chi connectivity index (χ3n) is 4.94. The van der Waals surface area contributed by atoms with E-state index in [9.17, 15) is 4.39 Å². The van der Waals surface area contributed by atoms with Gasteiger partial charge >= 0.3 is 0 Å². The number of hydrogen-bond donors (Lipinski definition) is 0. The maximum absolute atomic E-state index is 14.1. The summed E-state index contributed by atoms with van der Waals surface area (Å²) in [6.07, 6.45) is 13.1. The highest BCUT2D eigenvalue weighted by Gasteiger charge is 2.24. The summed E-state index contributed by atoms with van der Waals surface area (Å²) >= 11 is 0. The van der Waals surface area contributed by atoms with E-state index in [1.54, 1.807) is 0 Å². The Hall–Kier alpha value is -2.22. The Labute approximate surface area is 177 Å². The average Bonchev–Trinajstić information content (AvgIpc) is 2.77. The van der Waals surface area contributed by atoms with Crippen molar-refractivity contribution in [3.63, 3.8) is 0 Å². The fraction of sp³-hybridized carbons (Fsp3) is 0.444. The van der Waals surface area contributed by atoms with E-state index in [0.29, 0.717) is 6.42 Å². The normalized spacial score (nSPS) is 16.1. The van der Waals surface area contributed by atoms with Crippen LogP contribution >= 0.6 is 0 Å². The molecular formula is C27H38FN. The van der Waals surface area contributed by atoms with Crippen molar-refractivity contribution in [2.45, 2.75) is 73.6 Å². The van der Waals surface area contributed by atoms with E-state index in [2.05, 4.69) is 50.0 Å². The van der Waals surface area contributed by atoms with Gasteiger partial charge in [0.25, 0.3) is 0 Å². The topological polar surface area (TPSA) is 12.9 Å². The highest BCUT2D eigenvalue weighted by Crippen LogP contribution is 2.39. The van der Waals surface area contributed by atoms with Crippen LogP contribution in [0.25, 0.3) is 16.3 Å². The van der Waals surface area contributed by atoms with E-state index in [4.69, 9.17) is 0 Å². The summed E-state index contributed by atoms with van der Waals surface area (Å²) in [4.78, 5) is 4.63. The quantitative estimate of drug-likeness (QED) is 0.460. The molecular weight excluding hydrogens is 357 g/mol. The number of aromatic nitrogens is 1. The summed E-state index contributed by atoms with van der Waals surface area (Å²) in [5.74, 6) is 0.156. The van der Waals surface area contributed by atoms with Gasteiger partial charge in [-0.05, 0) is 48.3 Å². The highest BCUT2D eigenvalue weighted by atomic mass is 19.1. The minimum absolute atomic E-state index is 0.00360. The lowest BCUT2D eigenvalue weighted by molar-refractivity contribution is 0.516. The van der Waals surface area contributed by atoms with E-state index in [1.807, 2.05) is 51.2 Å². The summed E-state index contributed by atoms with van der Waals surface area (Å²) in [5, 5.41) is 2.31. The second kappa shape index (κ2) is 13.9. The molecule has 1 aliphatic rings. The maximum Gasteiger partial charge on any atom is 0.103 e. The van der Waals surface area contributed by atoms with Crippen LogP contribution in [0.2, 0.25) is 0 Å². The van der Waals surface area contributed by atoms with E-state index in [0.717, 1.165) is 35.1 Å². The minimum atomic E-state index is 0.00360. The number of rotatable bonds is 5. The first-order chi connectivity index (χ1) is 14.1. The summed E-state index contributed by atoms with van der Waals surface area (Å²) in [5.41, 5.74) is 2.87. The smallest absolute Gasteiger partial charge is 0.103 e. The number of pyridine rings is 1. The number of allylic oxidation sites excluding steroid dienone is 6. The van der Waals surface area contributed by atoms with Crippen LogP contribution in [0.15, 0.2) is 66.2 Å². The lowest BCUT2D eigenvalue weighted by Gasteiger charge is -2.24. The van der Waals surface area contributed by atoms with Gasteiger partial charge in [-0.25, -0.2) is 4.39 Å². The van der Waals surface area contributed by atoms with Crippen molar-refractivity contribution >= 4 is 16.3 Å². The molecule has 1 aromatic heterocycles. The third-order valence-corrected chi connectivity index (χ3v) is 4.94. The van der Waals surface area contributed by atoms with Gasteiger partial charge in [0.15, 0.2) is 0 Å². The molecule has 1 aromatic carbocycles. The van der Waals surface area contributed by atoms with Crippen molar-refractivity contribution in [1.29, 1.82) is 0 Å². The lowest BCUT2D eigenvalue weighted by Crippen LogP contribution is -2.10. The molecule has 0 amide bonds. The molecule has 0 saturated heterocycles. The lowest BCUT2D eigenvalue weighted by atomic mass is 9.82. The largest absolute Gasteiger partial charge is 0.256 e. The van der Waals surface area contributed by atoms with Crippen LogP contribution in [-0.2, 0) is 0 Å². The predicted octanol–water partition coefficient (Wildman–Crippen LogP) is 9.07. The van der Waals surface area contributed by atoms with Crippen LogP contribution < -0.4 is 0 Å². The first-order valence-electron chi connectivity index (χ1n) is 11.2. The highest BCUT2D eigenvalue weighted by molar-refractivity contribution is 5.93. The molecule has 0 N–H and O–H groups in total. The summed E-state index contributed by atoms with van der Waals surface area (Å²) in [7, 11) is 0. The number of unbranched alkanes of at least 4 members (excludes halogenated alkanes) is 1. The third kappa shape index (κ3) is 7.27. The number of halogens is 1. The second-order valence-corrected chi connectivity index (χ2v) is 7.08. The Morgan fingerprint density at radius 1 is 1.03 bits per heavy atom. The van der Waals surface area contributed by atoms with Gasteiger partial charge in [-0.2, -0.15) is 0 Å². The maximum atomic E-state index is 14.1. The van der Waals surface area contributed by atoms with E-state index in [-0.39, 0.29) is 11.7 Å². The van der Waals surface area contributed by atoms with Crippen molar-refractivity contribution in [3.8, 4) is 0 Å². The molecule has 0 aliphatic heterocycles. The number of fused-ring (bicyclic) bond motifs is 1. The Kier molecular flexibility index (Phi) is 11.9. The zero-order valence-electron chi connectivity index (χ0n) is 19.1. The van der Waals surface area contributed by atoms with Gasteiger partial charge in [0.2, 0.25) is 0 Å². The molecule has 158 valence electrons. The van der Waals surface area contributed by atoms with E-state index < -0.39 is 0 Å². The van der Waals surface area contributed by atoms with Gasteiger partial charge in [-0.1, -0.05) is 90.0 Å². The van der Waals surface area contributed by atoms with Gasteiger partial charge in [0, 0.05) is 18.0 Å². The fourth-order valence-corrected chi connectivity index (χ4v) is 3.17. The van der Waals surface area contributed by atoms with Gasteiger partial charge in [0.1, 0.15) is 5.83 Å². The monoisotopic (exact) mass is 395 g/mol. The predicted molar refractivity (Wildman–Crippen MR) is 128 cm³/mol. The molecule has 0 bridgehead atoms. The first-order valence-corrected chi connectivity index (χ1v) is 11.2. The molecule has 29 heavy (non-hydrogen) atoms. The molecule has 0 spiro atoms. The standard InChI is InChI=1S/C21H22FN.C4H10.C2H6/c1-3-4-5-9-17-14-20(22)15(2)13-19(17)21-18-10-7-6-8-16(18)11-12-23-21;1-3-4-2;1-2/h4-8,10-13,17H,3,9,14H2,1-2H3;3-4H2,1-2H3;1-2H3. The first kappa shape index (κ1) is 24.8. The minimum Gasteiger partial charge on any atom is -0.256 e. The number of benzene rings is 1. The van der Waals surface area contributed by atoms with Crippen LogP contribution in [0.4, 0.5) is 4.39 Å². The van der Waals surface area contributed by atoms with Crippen molar-refractivity contribution in [3.05, 3.63) is 71.9 Å². The molecule has 0 radical (unpaired) electrons. The van der Waals surface area contributed by atoms with Crippen LogP contribution in [0, 0.1) is 5.92 Å². The Bertz CT molecular complexity index is 822. The molecule has 1 heterocycles. The Morgan fingerprint density at radius 2 is 1.72 bits per heavy atom. The van der Waals surface area contributed by atoms with E-state index in [1.165, 1.54) is 18.2 Å². The average molecular weight is 396 g/mol. The van der Waals surface area contributed by atoms with E-state index >= 15 is 0 Å². The molecule has 2 heteroatoms. The van der Waals surface area contributed by atoms with Crippen LogP contribution in [0.5, 0.6) is 0 Å². The van der Waals surface area contributed by atoms with Gasteiger partial charge in [0.05, 0.1) is 5.69 Å². The molecule has 1 unspecified atom stereocenters. The molecule has 1 atom stereocenters. The van der Waals surface area contributed by atoms with Gasteiger partial charge in [-0.15, -0.1) is 0 Å². The zero-order chi connectivity index (χ0) is 21.6. The summed E-state index contributed by atoms with van der Waals surface area (Å²) in [6.45, 7) is 12.3. The van der Waals surface area contributed by atoms with Crippen LogP contribution in [-0.4, -0.2) is 4.98 Å². The molecule has 1 nitrogen and oxygen atoms in total. The Morgan fingerprint density at radius 3 is 2.38 bits per heavy atom. The van der Waals surface area contributed by atoms with Gasteiger partial charge < -0.3 is 0 Å². The van der Waals surface area contributed by atoms with Gasteiger partial charge in [-0.3, -0.25) is 4.98 Å². The SMILES string of the molecule is CC.CCC=CCC1CC(F)=C(C)C=C1c1nccc2ccccc12.CCCC. The van der Waals surface area contributed by atoms with Crippen LogP contribution in [0.3, 0.4) is 0 Å². The fourth-order valence-electron chi connectivity index (χ4n) is 3.17. The summed E-state index contributed by atoms with van der Waals surface area (Å²) < 4.78 is 14.1. The van der Waals surface area contributed by atoms with Crippen molar-refractivity contribution in [1.82, 2.24) is 4.98 Å². The molecule has 0 fully saturated rings. The molecule has 1 aliphatic carbocycles. The van der Waals surface area contributed by atoms with Crippen molar-refractivity contribution < 1.29 is 4.39 Å². The Balaban J connectivity index is 0.000000627. The molecule has 2 aromatic rings. The molecule has 0 saturated carbocycles. The number of hydrogen-bond acceptors (Lipinski definition) is 1. The second-order valence-electron chi connectivity index (χ2n) is 7.08. The summed E-state index contributed by atoms with van der Waals surface area (Å²) in [6, 6.07) is 10.3. The van der Waals surface area contributed by atoms with Crippen LogP contribution in [0.1, 0.15) is 79.3 Å². The molecule has 3 rings (SSSR count).